The number of nitrogens with one attached hydrogen (secondary N) is 2. The van der Waals surface area contributed by atoms with Crippen molar-refractivity contribution in [2.75, 3.05) is 13.1 Å². The van der Waals surface area contributed by atoms with Crippen molar-refractivity contribution in [1.29, 1.82) is 0 Å². The zero-order valence-electron chi connectivity index (χ0n) is 16.4. The maximum atomic E-state index is 13.0. The van der Waals surface area contributed by atoms with Gasteiger partial charge in [-0.15, -0.1) is 0 Å². The van der Waals surface area contributed by atoms with Crippen molar-refractivity contribution >= 4 is 28.7 Å². The van der Waals surface area contributed by atoms with Crippen molar-refractivity contribution in [2.45, 2.75) is 24.9 Å². The lowest BCUT2D eigenvalue weighted by Crippen LogP contribution is -2.57. The molecule has 1 spiro atoms. The highest BCUT2D eigenvalue weighted by Crippen LogP contribution is 2.35. The van der Waals surface area contributed by atoms with Crippen LogP contribution in [0.1, 0.15) is 28.8 Å². The Labute approximate surface area is 173 Å². The molecule has 7 nitrogen and oxygen atoms in total. The second-order valence-corrected chi connectivity index (χ2v) is 7.93. The van der Waals surface area contributed by atoms with Crippen molar-refractivity contribution in [1.82, 2.24) is 20.1 Å². The average Bonchev–Trinajstić information content (AvgIpc) is 3.33. The SMILES string of the molecule is O=C(c1ccc2[nH]ccc2c1)N1CCC2(CC1)C(=O)NC(=O)N2Cc1ccccc1. The van der Waals surface area contributed by atoms with E-state index in [1.54, 1.807) is 9.80 Å². The number of piperidine rings is 1. The third-order valence-electron chi connectivity index (χ3n) is 6.27. The van der Waals surface area contributed by atoms with E-state index in [-0.39, 0.29) is 17.8 Å². The number of benzene rings is 2. The van der Waals surface area contributed by atoms with Crippen molar-refractivity contribution in [3.63, 3.8) is 0 Å². The molecule has 2 N–H and O–H groups in total. The van der Waals surface area contributed by atoms with E-state index < -0.39 is 5.54 Å². The van der Waals surface area contributed by atoms with Crippen LogP contribution in [0.5, 0.6) is 0 Å². The molecule has 30 heavy (non-hydrogen) atoms. The number of carbonyl (C=O) groups excluding carboxylic acids is 3. The van der Waals surface area contributed by atoms with Crippen molar-refractivity contribution < 1.29 is 14.4 Å². The number of imide groups is 1. The van der Waals surface area contributed by atoms with Gasteiger partial charge in [0.25, 0.3) is 11.8 Å². The summed E-state index contributed by atoms with van der Waals surface area (Å²) < 4.78 is 0. The van der Waals surface area contributed by atoms with Gasteiger partial charge >= 0.3 is 6.03 Å². The van der Waals surface area contributed by atoms with E-state index in [0.717, 1.165) is 16.5 Å². The predicted octanol–water partition coefficient (Wildman–Crippen LogP) is 2.89. The Morgan fingerprint density at radius 2 is 1.77 bits per heavy atom. The minimum Gasteiger partial charge on any atom is -0.361 e. The molecule has 0 unspecified atom stereocenters. The first-order valence-electron chi connectivity index (χ1n) is 10.1. The van der Waals surface area contributed by atoms with Crippen LogP contribution in [0.3, 0.4) is 0 Å². The van der Waals surface area contributed by atoms with Crippen LogP contribution < -0.4 is 5.32 Å². The van der Waals surface area contributed by atoms with Gasteiger partial charge in [0.1, 0.15) is 5.54 Å². The number of aromatic amines is 1. The number of rotatable bonds is 3. The molecule has 1 aromatic heterocycles. The smallest absolute Gasteiger partial charge is 0.325 e. The van der Waals surface area contributed by atoms with Crippen molar-refractivity contribution in [2.24, 2.45) is 0 Å². The van der Waals surface area contributed by atoms with Crippen LogP contribution in [0, 0.1) is 0 Å². The Balaban J connectivity index is 1.34. The summed E-state index contributed by atoms with van der Waals surface area (Å²) in [5.74, 6) is -0.309. The Morgan fingerprint density at radius 1 is 1.00 bits per heavy atom. The Morgan fingerprint density at radius 3 is 2.53 bits per heavy atom. The first kappa shape index (κ1) is 18.4. The van der Waals surface area contributed by atoms with E-state index >= 15 is 0 Å². The number of fused-ring (bicyclic) bond motifs is 1. The zero-order chi connectivity index (χ0) is 20.7. The first-order valence-corrected chi connectivity index (χ1v) is 10.1. The van der Waals surface area contributed by atoms with E-state index in [1.807, 2.05) is 60.8 Å². The second kappa shape index (κ2) is 7.02. The van der Waals surface area contributed by atoms with Gasteiger partial charge in [-0.3, -0.25) is 14.9 Å². The van der Waals surface area contributed by atoms with Gasteiger partial charge in [0.05, 0.1) is 0 Å². The van der Waals surface area contributed by atoms with Gasteiger partial charge < -0.3 is 14.8 Å². The molecular formula is C23H22N4O3. The molecule has 2 aliphatic rings. The predicted molar refractivity (Wildman–Crippen MR) is 112 cm³/mol. The molecule has 0 bridgehead atoms. The lowest BCUT2D eigenvalue weighted by molar-refractivity contribution is -0.129. The quantitative estimate of drug-likeness (QED) is 0.661. The number of H-pyrrole nitrogens is 1. The molecule has 0 radical (unpaired) electrons. The molecule has 2 aromatic carbocycles. The monoisotopic (exact) mass is 402 g/mol. The standard InChI is InChI=1S/C23H22N4O3/c28-20(18-6-7-19-17(14-18)8-11-24-19)26-12-9-23(10-13-26)21(29)25-22(30)27(23)15-16-4-2-1-3-5-16/h1-8,11,14,24H,9-10,12-13,15H2,(H,25,29,30). The summed E-state index contributed by atoms with van der Waals surface area (Å²) in [7, 11) is 0. The van der Waals surface area contributed by atoms with Gasteiger partial charge in [0, 0.05) is 42.3 Å². The fourth-order valence-electron chi connectivity index (χ4n) is 4.53. The number of nitrogens with zero attached hydrogens (tertiary/aromatic N) is 2. The van der Waals surface area contributed by atoms with Crippen LogP contribution in [0.4, 0.5) is 4.79 Å². The largest absolute Gasteiger partial charge is 0.361 e. The molecule has 2 aliphatic heterocycles. The summed E-state index contributed by atoms with van der Waals surface area (Å²) in [6.45, 7) is 1.22. The number of aromatic nitrogens is 1. The molecule has 2 fully saturated rings. The highest BCUT2D eigenvalue weighted by Gasteiger charge is 2.54. The molecule has 5 rings (SSSR count). The van der Waals surface area contributed by atoms with E-state index in [0.29, 0.717) is 38.0 Å². The molecule has 0 atom stereocenters. The first-order chi connectivity index (χ1) is 14.6. The van der Waals surface area contributed by atoms with Crippen molar-refractivity contribution in [3.8, 4) is 0 Å². The molecule has 0 saturated carbocycles. The summed E-state index contributed by atoms with van der Waals surface area (Å²) in [4.78, 5) is 44.8. The topological polar surface area (TPSA) is 85.5 Å². The van der Waals surface area contributed by atoms with Gasteiger partial charge in [-0.2, -0.15) is 0 Å². The third kappa shape index (κ3) is 2.94. The zero-order valence-corrected chi connectivity index (χ0v) is 16.4. The fourth-order valence-corrected chi connectivity index (χ4v) is 4.53. The molecule has 2 saturated heterocycles. The van der Waals surface area contributed by atoms with Crippen molar-refractivity contribution in [3.05, 3.63) is 71.9 Å². The van der Waals surface area contributed by atoms with Crippen LogP contribution in [0.15, 0.2) is 60.8 Å². The molecule has 7 heteroatoms. The van der Waals surface area contributed by atoms with Crippen LogP contribution in [0.2, 0.25) is 0 Å². The Hall–Kier alpha value is -3.61. The highest BCUT2D eigenvalue weighted by molar-refractivity contribution is 6.07. The van der Waals surface area contributed by atoms with Gasteiger partial charge in [-0.05, 0) is 42.7 Å². The molecule has 3 aromatic rings. The van der Waals surface area contributed by atoms with E-state index in [4.69, 9.17) is 0 Å². The lowest BCUT2D eigenvalue weighted by Gasteiger charge is -2.42. The van der Waals surface area contributed by atoms with Gasteiger partial charge in [-0.1, -0.05) is 30.3 Å². The molecule has 0 aliphatic carbocycles. The number of urea groups is 1. The normalized spacial score (nSPS) is 18.3. The lowest BCUT2D eigenvalue weighted by atomic mass is 9.85. The number of amides is 4. The maximum Gasteiger partial charge on any atom is 0.325 e. The van der Waals surface area contributed by atoms with Gasteiger partial charge in [0.15, 0.2) is 0 Å². The van der Waals surface area contributed by atoms with E-state index in [2.05, 4.69) is 10.3 Å². The minimum absolute atomic E-state index is 0.0488. The van der Waals surface area contributed by atoms with E-state index in [9.17, 15) is 14.4 Å². The summed E-state index contributed by atoms with van der Waals surface area (Å²) in [6, 6.07) is 16.8. The minimum atomic E-state index is -0.895. The van der Waals surface area contributed by atoms with Crippen LogP contribution >= 0.6 is 0 Å². The molecule has 152 valence electrons. The number of carbonyl (C=O) groups is 3. The molecule has 4 amide bonds. The fraction of sp³-hybridized carbons (Fsp3) is 0.261. The Bertz CT molecular complexity index is 1130. The van der Waals surface area contributed by atoms with E-state index in [1.165, 1.54) is 0 Å². The summed E-state index contributed by atoms with van der Waals surface area (Å²) in [6.07, 6.45) is 2.70. The summed E-state index contributed by atoms with van der Waals surface area (Å²) >= 11 is 0. The molecular weight excluding hydrogens is 380 g/mol. The van der Waals surface area contributed by atoms with Crippen LogP contribution in [0.25, 0.3) is 10.9 Å². The summed E-state index contributed by atoms with van der Waals surface area (Å²) in [5.41, 5.74) is 1.70. The number of hydrogen-bond donors (Lipinski definition) is 2. The molecule has 3 heterocycles. The second-order valence-electron chi connectivity index (χ2n) is 7.93. The van der Waals surface area contributed by atoms with Crippen LogP contribution in [-0.2, 0) is 11.3 Å². The third-order valence-corrected chi connectivity index (χ3v) is 6.27. The van der Waals surface area contributed by atoms with Crippen LogP contribution in [-0.4, -0.2) is 51.3 Å². The number of hydrogen-bond acceptors (Lipinski definition) is 3. The summed E-state index contributed by atoms with van der Waals surface area (Å²) in [5, 5.41) is 3.47. The number of likely N-dealkylation sites (tertiary alicyclic amines) is 1. The van der Waals surface area contributed by atoms with Gasteiger partial charge in [-0.25, -0.2) is 4.79 Å². The van der Waals surface area contributed by atoms with Gasteiger partial charge in [0.2, 0.25) is 0 Å². The Kier molecular flexibility index (Phi) is 4.31. The average molecular weight is 402 g/mol. The maximum absolute atomic E-state index is 13.0. The highest BCUT2D eigenvalue weighted by atomic mass is 16.2.